The number of rotatable bonds is 13. The summed E-state index contributed by atoms with van der Waals surface area (Å²) >= 11 is 0. The molecule has 14 rings (SSSR count). The number of hydrogen-bond acceptors (Lipinski definition) is 2. The first-order chi connectivity index (χ1) is 43.2. The van der Waals surface area contributed by atoms with E-state index in [2.05, 4.69) is 353 Å². The number of allylic oxidation sites excluding steroid dienone is 3. The van der Waals surface area contributed by atoms with Gasteiger partial charge in [0.15, 0.2) is 0 Å². The summed E-state index contributed by atoms with van der Waals surface area (Å²) in [5.41, 5.74) is 25.7. The third-order valence-corrected chi connectivity index (χ3v) is 17.6. The molecule has 1 aliphatic rings. The minimum absolute atomic E-state index is 0.269. The Morgan fingerprint density at radius 1 is 0.341 bits per heavy atom. The maximum Gasteiger partial charge on any atom is 0.0468 e. The SMILES string of the molecule is C#CC1=C(c2cc3ccc(C)cc3cc2-c2ccccc2)c2cc(N(c3ccc(-c4ccccc4)cc3)c3cccc(C)c3)ccc2C(c2cc3ccccc3cc2-c2ccccc2)C1C=C(C)N(c1ccc(-c2ccccc2)cc1)c1cccc(C)c1. The van der Waals surface area contributed by atoms with Crippen LogP contribution in [-0.2, 0) is 0 Å². The van der Waals surface area contributed by atoms with Gasteiger partial charge in [-0.2, -0.15) is 0 Å². The third-order valence-electron chi connectivity index (χ3n) is 17.6. The number of fused-ring (bicyclic) bond motifs is 3. The highest BCUT2D eigenvalue weighted by Crippen LogP contribution is 2.55. The smallest absolute Gasteiger partial charge is 0.0468 e. The van der Waals surface area contributed by atoms with Gasteiger partial charge >= 0.3 is 0 Å². The Labute approximate surface area is 518 Å². The molecule has 2 unspecified atom stereocenters. The summed E-state index contributed by atoms with van der Waals surface area (Å²) in [6.45, 7) is 8.79. The van der Waals surface area contributed by atoms with Crippen molar-refractivity contribution in [2.75, 3.05) is 9.80 Å². The van der Waals surface area contributed by atoms with E-state index >= 15 is 0 Å². The zero-order chi connectivity index (χ0) is 59.7. The van der Waals surface area contributed by atoms with Crippen molar-refractivity contribution >= 4 is 55.6 Å². The molecule has 2 atom stereocenters. The van der Waals surface area contributed by atoms with Gasteiger partial charge in [0, 0.05) is 57.1 Å². The van der Waals surface area contributed by atoms with E-state index in [0.717, 1.165) is 89.6 Å². The lowest BCUT2D eigenvalue weighted by atomic mass is 9.65. The van der Waals surface area contributed by atoms with Crippen molar-refractivity contribution in [3.05, 3.63) is 360 Å². The Bertz CT molecular complexity index is 4820. The van der Waals surface area contributed by atoms with Crippen LogP contribution in [0.5, 0.6) is 0 Å². The fourth-order valence-corrected chi connectivity index (χ4v) is 13.4. The van der Waals surface area contributed by atoms with Gasteiger partial charge in [-0.05, 0) is 212 Å². The number of anilines is 5. The molecule has 2 nitrogen and oxygen atoms in total. The molecule has 0 aromatic heterocycles. The molecule has 0 fully saturated rings. The average Bonchev–Trinajstić information content (AvgIpc) is 0.949. The molecule has 420 valence electrons. The van der Waals surface area contributed by atoms with Crippen LogP contribution in [0.2, 0.25) is 0 Å². The van der Waals surface area contributed by atoms with Gasteiger partial charge in [0.1, 0.15) is 0 Å². The number of benzene rings is 13. The molecule has 2 heteroatoms. The predicted octanol–water partition coefficient (Wildman–Crippen LogP) is 23.0. The fourth-order valence-electron chi connectivity index (χ4n) is 13.4. The van der Waals surface area contributed by atoms with Crippen LogP contribution in [0, 0.1) is 39.0 Å². The first-order valence-electron chi connectivity index (χ1n) is 30.5. The molecule has 13 aromatic rings. The van der Waals surface area contributed by atoms with Gasteiger partial charge < -0.3 is 9.80 Å². The Morgan fingerprint density at radius 3 is 1.41 bits per heavy atom. The van der Waals surface area contributed by atoms with Crippen molar-refractivity contribution < 1.29 is 0 Å². The quantitative estimate of drug-likeness (QED) is 0.106. The Balaban J connectivity index is 1.09. The molecular weight excluding hydrogens is 1060 g/mol. The van der Waals surface area contributed by atoms with Crippen LogP contribution in [0.25, 0.3) is 71.6 Å². The number of terminal acetylenes is 1. The van der Waals surface area contributed by atoms with Gasteiger partial charge in [0.05, 0.1) is 0 Å². The summed E-state index contributed by atoms with van der Waals surface area (Å²) < 4.78 is 0. The number of nitrogens with zero attached hydrogens (tertiary/aromatic N) is 2. The van der Waals surface area contributed by atoms with Crippen molar-refractivity contribution in [3.8, 4) is 56.9 Å². The van der Waals surface area contributed by atoms with Crippen LogP contribution < -0.4 is 9.80 Å². The lowest BCUT2D eigenvalue weighted by Crippen LogP contribution is -2.25. The van der Waals surface area contributed by atoms with Gasteiger partial charge in [-0.15, -0.1) is 6.42 Å². The lowest BCUT2D eigenvalue weighted by Gasteiger charge is -2.38. The zero-order valence-corrected chi connectivity index (χ0v) is 50.1. The van der Waals surface area contributed by atoms with Crippen LogP contribution in [0.15, 0.2) is 321 Å². The first kappa shape index (κ1) is 54.9. The summed E-state index contributed by atoms with van der Waals surface area (Å²) in [7, 11) is 0. The maximum atomic E-state index is 7.44. The minimum Gasteiger partial charge on any atom is -0.315 e. The molecule has 13 aromatic carbocycles. The Morgan fingerprint density at radius 2 is 0.807 bits per heavy atom. The average molecular weight is 1130 g/mol. The molecule has 0 N–H and O–H groups in total. The van der Waals surface area contributed by atoms with E-state index in [-0.39, 0.29) is 11.8 Å². The van der Waals surface area contributed by atoms with Crippen molar-refractivity contribution in [1.82, 2.24) is 0 Å². The second-order valence-corrected chi connectivity index (χ2v) is 23.5. The van der Waals surface area contributed by atoms with Crippen molar-refractivity contribution in [1.29, 1.82) is 0 Å². The number of hydrogen-bond donors (Lipinski definition) is 0. The van der Waals surface area contributed by atoms with Crippen molar-refractivity contribution in [3.63, 3.8) is 0 Å². The summed E-state index contributed by atoms with van der Waals surface area (Å²) in [5.74, 6) is 2.96. The predicted molar refractivity (Wildman–Crippen MR) is 374 cm³/mol. The van der Waals surface area contributed by atoms with Gasteiger partial charge in [0.2, 0.25) is 0 Å². The van der Waals surface area contributed by atoms with E-state index in [1.807, 2.05) is 0 Å². The van der Waals surface area contributed by atoms with Gasteiger partial charge in [-0.3, -0.25) is 0 Å². The van der Waals surface area contributed by atoms with E-state index in [0.29, 0.717) is 0 Å². The highest BCUT2D eigenvalue weighted by Gasteiger charge is 2.39. The standard InChI is InChI=1S/C86H66N2/c1-6-77-81(52-61(5)87(74-35-21-23-58(2)50-74)72-43-39-64(40-44-72)62-25-11-7-12-26-62)86(83-54-69-34-20-19-33-68(69)53-79(83)66-29-15-9-16-30-66)78-48-47-76(88(75-36-22-24-59(3)51-75)73-45-41-65(42-46-73)63-27-13-8-14-28-63)57-84(78)85(77)82-55-70-38-37-60(4)49-71(70)56-80(82)67-31-17-10-18-32-67/h1,7-57,81,86H,2-5H3. The molecule has 0 radical (unpaired) electrons. The van der Waals surface area contributed by atoms with E-state index in [1.165, 1.54) is 60.7 Å². The molecule has 0 aliphatic heterocycles. The van der Waals surface area contributed by atoms with E-state index in [9.17, 15) is 0 Å². The third kappa shape index (κ3) is 10.7. The van der Waals surface area contributed by atoms with E-state index in [4.69, 9.17) is 6.42 Å². The van der Waals surface area contributed by atoms with Crippen LogP contribution in [0.4, 0.5) is 28.4 Å². The van der Waals surface area contributed by atoms with Gasteiger partial charge in [-0.1, -0.05) is 236 Å². The largest absolute Gasteiger partial charge is 0.315 e. The topological polar surface area (TPSA) is 6.48 Å². The molecule has 0 saturated carbocycles. The summed E-state index contributed by atoms with van der Waals surface area (Å²) in [5, 5.41) is 4.69. The normalized spacial score (nSPS) is 13.9. The van der Waals surface area contributed by atoms with Crippen LogP contribution in [0.1, 0.15) is 51.8 Å². The number of aryl methyl sites for hydroxylation is 3. The molecule has 0 spiro atoms. The minimum atomic E-state index is -0.353. The Kier molecular flexibility index (Phi) is 14.9. The molecular formula is C86H66N2. The van der Waals surface area contributed by atoms with Crippen molar-refractivity contribution in [2.24, 2.45) is 5.92 Å². The van der Waals surface area contributed by atoms with Crippen LogP contribution in [-0.4, -0.2) is 0 Å². The second kappa shape index (κ2) is 23.8. The molecule has 0 bridgehead atoms. The summed E-state index contributed by atoms with van der Waals surface area (Å²) in [4.78, 5) is 4.83. The second-order valence-electron chi connectivity index (χ2n) is 23.5. The molecule has 0 saturated heterocycles. The highest BCUT2D eigenvalue weighted by molar-refractivity contribution is 6.02. The molecule has 88 heavy (non-hydrogen) atoms. The zero-order valence-electron chi connectivity index (χ0n) is 50.1. The Hall–Kier alpha value is -11.0. The fraction of sp³-hybridized carbons (Fsp3) is 0.0698. The van der Waals surface area contributed by atoms with E-state index < -0.39 is 0 Å². The van der Waals surface area contributed by atoms with Crippen LogP contribution >= 0.6 is 0 Å². The van der Waals surface area contributed by atoms with E-state index in [1.54, 1.807) is 0 Å². The van der Waals surface area contributed by atoms with Crippen molar-refractivity contribution in [2.45, 2.75) is 33.6 Å². The van der Waals surface area contributed by atoms with Crippen LogP contribution in [0.3, 0.4) is 0 Å². The molecule has 0 heterocycles. The van der Waals surface area contributed by atoms with Gasteiger partial charge in [0.25, 0.3) is 0 Å². The lowest BCUT2D eigenvalue weighted by molar-refractivity contribution is 0.652. The molecule has 1 aliphatic carbocycles. The maximum absolute atomic E-state index is 7.44. The van der Waals surface area contributed by atoms with Gasteiger partial charge in [-0.25, -0.2) is 0 Å². The highest BCUT2D eigenvalue weighted by atomic mass is 15.1. The first-order valence-corrected chi connectivity index (χ1v) is 30.5. The summed E-state index contributed by atoms with van der Waals surface area (Å²) in [6, 6.07) is 111. The molecule has 0 amide bonds. The summed E-state index contributed by atoms with van der Waals surface area (Å²) in [6.07, 6.45) is 9.94. The monoisotopic (exact) mass is 1130 g/mol.